The Morgan fingerprint density at radius 2 is 1.81 bits per heavy atom. The molecule has 8 heteroatoms. The molecule has 0 amide bonds. The van der Waals surface area contributed by atoms with Crippen molar-refractivity contribution in [2.24, 2.45) is 4.99 Å². The molecule has 8 nitrogen and oxygen atoms in total. The van der Waals surface area contributed by atoms with Crippen LogP contribution in [0.4, 0.5) is 0 Å². The molecule has 0 unspecified atom stereocenters. The average Bonchev–Trinajstić information content (AvgIpc) is 3.25. The molecule has 3 rings (SSSR count). The van der Waals surface area contributed by atoms with Crippen molar-refractivity contribution in [3.8, 4) is 17.4 Å². The number of pyridine rings is 1. The van der Waals surface area contributed by atoms with Crippen molar-refractivity contribution in [3.05, 3.63) is 65.7 Å². The highest BCUT2D eigenvalue weighted by molar-refractivity contribution is 5.79. The van der Waals surface area contributed by atoms with Crippen LogP contribution in [0.5, 0.6) is 17.4 Å². The summed E-state index contributed by atoms with van der Waals surface area (Å²) in [5.74, 6) is 3.79. The van der Waals surface area contributed by atoms with Crippen LogP contribution in [0.1, 0.15) is 43.7 Å². The summed E-state index contributed by atoms with van der Waals surface area (Å²) in [5.41, 5.74) is 1.96. The fourth-order valence-electron chi connectivity index (χ4n) is 2.77. The minimum absolute atomic E-state index is 0.334. The number of nitrogens with zero attached hydrogens (tertiary/aromatic N) is 3. The molecular weight excluding hydrogens is 394 g/mol. The number of aromatic nitrogens is 2. The molecule has 0 saturated carbocycles. The summed E-state index contributed by atoms with van der Waals surface area (Å²) < 4.78 is 16.7. The first-order valence-corrected chi connectivity index (χ1v) is 10.3. The van der Waals surface area contributed by atoms with Crippen LogP contribution in [0.15, 0.2) is 58.2 Å². The molecular formula is C23H29N5O3. The summed E-state index contributed by atoms with van der Waals surface area (Å²) in [6, 6.07) is 13.2. The van der Waals surface area contributed by atoms with E-state index in [0.717, 1.165) is 22.8 Å². The smallest absolute Gasteiger partial charge is 0.219 e. The van der Waals surface area contributed by atoms with Gasteiger partial charge in [-0.05, 0) is 48.7 Å². The molecule has 164 valence electrons. The van der Waals surface area contributed by atoms with Gasteiger partial charge in [0.1, 0.15) is 11.5 Å². The van der Waals surface area contributed by atoms with Crippen LogP contribution < -0.4 is 20.1 Å². The van der Waals surface area contributed by atoms with Gasteiger partial charge in [0, 0.05) is 31.9 Å². The Balaban J connectivity index is 1.52. The lowest BCUT2D eigenvalue weighted by molar-refractivity contribution is 0.339. The van der Waals surface area contributed by atoms with Crippen molar-refractivity contribution in [2.75, 3.05) is 13.7 Å². The Morgan fingerprint density at radius 3 is 2.48 bits per heavy atom. The summed E-state index contributed by atoms with van der Waals surface area (Å²) in [6.07, 6.45) is 1.72. The molecule has 2 aromatic heterocycles. The lowest BCUT2D eigenvalue weighted by atomic mass is 10.1. The molecule has 0 aliphatic carbocycles. The minimum atomic E-state index is 0.334. The number of aliphatic imine (C=N–C) groups is 1. The molecule has 3 aromatic rings. The van der Waals surface area contributed by atoms with Gasteiger partial charge in [0.15, 0.2) is 11.7 Å². The van der Waals surface area contributed by atoms with Crippen molar-refractivity contribution >= 4 is 5.96 Å². The van der Waals surface area contributed by atoms with Gasteiger partial charge in [0.25, 0.3) is 0 Å². The molecule has 0 spiro atoms. The molecule has 0 aliphatic heterocycles. The van der Waals surface area contributed by atoms with E-state index in [9.17, 15) is 0 Å². The maximum atomic E-state index is 5.85. The van der Waals surface area contributed by atoms with Crippen molar-refractivity contribution in [1.29, 1.82) is 0 Å². The van der Waals surface area contributed by atoms with Crippen LogP contribution in [-0.4, -0.2) is 29.8 Å². The zero-order valence-electron chi connectivity index (χ0n) is 18.4. The number of benzene rings is 1. The van der Waals surface area contributed by atoms with E-state index in [4.69, 9.17) is 14.0 Å². The predicted molar refractivity (Wildman–Crippen MR) is 120 cm³/mol. The van der Waals surface area contributed by atoms with E-state index < -0.39 is 0 Å². The van der Waals surface area contributed by atoms with Gasteiger partial charge in [-0.3, -0.25) is 4.99 Å². The number of rotatable bonds is 9. The van der Waals surface area contributed by atoms with Gasteiger partial charge in [0.2, 0.25) is 5.88 Å². The van der Waals surface area contributed by atoms with Crippen molar-refractivity contribution < 1.29 is 14.0 Å². The highest BCUT2D eigenvalue weighted by atomic mass is 16.5. The van der Waals surface area contributed by atoms with E-state index in [1.807, 2.05) is 49.4 Å². The van der Waals surface area contributed by atoms with Crippen LogP contribution in [0.2, 0.25) is 0 Å². The van der Waals surface area contributed by atoms with Crippen molar-refractivity contribution in [3.63, 3.8) is 0 Å². The summed E-state index contributed by atoms with van der Waals surface area (Å²) >= 11 is 0. The highest BCUT2D eigenvalue weighted by Crippen LogP contribution is 2.23. The minimum Gasteiger partial charge on any atom is -0.494 e. The first-order chi connectivity index (χ1) is 15.1. The van der Waals surface area contributed by atoms with E-state index >= 15 is 0 Å². The summed E-state index contributed by atoms with van der Waals surface area (Å²) in [4.78, 5) is 8.53. The van der Waals surface area contributed by atoms with Crippen LogP contribution >= 0.6 is 0 Å². The molecule has 0 aliphatic rings. The lowest BCUT2D eigenvalue weighted by Gasteiger charge is -2.11. The Kier molecular flexibility index (Phi) is 7.86. The van der Waals surface area contributed by atoms with Crippen LogP contribution in [0.25, 0.3) is 0 Å². The average molecular weight is 424 g/mol. The molecule has 0 radical (unpaired) electrons. The normalized spacial score (nSPS) is 11.5. The number of guanidine groups is 1. The van der Waals surface area contributed by atoms with E-state index in [1.165, 1.54) is 0 Å². The fraction of sp³-hybridized carbons (Fsp3) is 0.348. The monoisotopic (exact) mass is 423 g/mol. The number of hydrogen-bond donors (Lipinski definition) is 2. The quantitative estimate of drug-likeness (QED) is 0.392. The standard InChI is InChI=1S/C23H29N5O3/c1-5-29-18-6-8-19(9-7-18)30-22-12-17(10-11-25-22)14-26-23(24-4)27-15-20-13-21(16(2)3)28-31-20/h6-13,16H,5,14-15H2,1-4H3,(H2,24,26,27). The van der Waals surface area contributed by atoms with Gasteiger partial charge in [-0.15, -0.1) is 0 Å². The molecule has 31 heavy (non-hydrogen) atoms. The van der Waals surface area contributed by atoms with Crippen LogP contribution in [0, 0.1) is 0 Å². The molecule has 0 atom stereocenters. The topological polar surface area (TPSA) is 93.8 Å². The van der Waals surface area contributed by atoms with Gasteiger partial charge < -0.3 is 24.6 Å². The Bertz CT molecular complexity index is 983. The van der Waals surface area contributed by atoms with Crippen molar-refractivity contribution in [1.82, 2.24) is 20.8 Å². The zero-order chi connectivity index (χ0) is 22.1. The Hall–Kier alpha value is -3.55. The third-order valence-electron chi connectivity index (χ3n) is 4.44. The Labute approximate surface area is 182 Å². The first-order valence-electron chi connectivity index (χ1n) is 10.3. The molecule has 0 fully saturated rings. The van der Waals surface area contributed by atoms with Crippen LogP contribution in [0.3, 0.4) is 0 Å². The number of nitrogens with one attached hydrogen (secondary N) is 2. The lowest BCUT2D eigenvalue weighted by Crippen LogP contribution is -2.36. The van der Waals surface area contributed by atoms with Gasteiger partial charge in [-0.25, -0.2) is 4.98 Å². The zero-order valence-corrected chi connectivity index (χ0v) is 18.4. The third-order valence-corrected chi connectivity index (χ3v) is 4.44. The number of ether oxygens (including phenoxy) is 2. The second kappa shape index (κ2) is 11.0. The van der Waals surface area contributed by atoms with E-state index in [2.05, 4.69) is 39.6 Å². The maximum absolute atomic E-state index is 5.85. The predicted octanol–water partition coefficient (Wildman–Crippen LogP) is 4.25. The molecule has 1 aromatic carbocycles. The summed E-state index contributed by atoms with van der Waals surface area (Å²) in [6.45, 7) is 7.81. The second-order valence-corrected chi connectivity index (χ2v) is 7.16. The molecule has 2 heterocycles. The highest BCUT2D eigenvalue weighted by Gasteiger charge is 2.08. The molecule has 2 N–H and O–H groups in total. The van der Waals surface area contributed by atoms with E-state index in [-0.39, 0.29) is 0 Å². The summed E-state index contributed by atoms with van der Waals surface area (Å²) in [5, 5.41) is 10.6. The maximum Gasteiger partial charge on any atom is 0.219 e. The van der Waals surface area contributed by atoms with Gasteiger partial charge in [-0.1, -0.05) is 19.0 Å². The summed E-state index contributed by atoms with van der Waals surface area (Å²) in [7, 11) is 1.72. The van der Waals surface area contributed by atoms with Crippen LogP contribution in [-0.2, 0) is 13.1 Å². The van der Waals surface area contributed by atoms with Gasteiger partial charge in [-0.2, -0.15) is 0 Å². The Morgan fingerprint density at radius 1 is 1.06 bits per heavy atom. The van der Waals surface area contributed by atoms with Gasteiger partial charge >= 0.3 is 0 Å². The first kappa shape index (κ1) is 22.1. The van der Waals surface area contributed by atoms with Crippen molar-refractivity contribution in [2.45, 2.75) is 39.8 Å². The SMILES string of the molecule is CCOc1ccc(Oc2cc(CNC(=NC)NCc3cc(C(C)C)no3)ccn2)cc1. The molecule has 0 bridgehead atoms. The van der Waals surface area contributed by atoms with E-state index in [1.54, 1.807) is 13.2 Å². The van der Waals surface area contributed by atoms with Gasteiger partial charge in [0.05, 0.1) is 18.8 Å². The largest absolute Gasteiger partial charge is 0.494 e. The van der Waals surface area contributed by atoms with E-state index in [0.29, 0.717) is 43.2 Å². The molecule has 0 saturated heterocycles. The number of hydrogen-bond acceptors (Lipinski definition) is 6. The third kappa shape index (κ3) is 6.74. The fourth-order valence-corrected chi connectivity index (χ4v) is 2.77. The second-order valence-electron chi connectivity index (χ2n) is 7.16.